The lowest BCUT2D eigenvalue weighted by atomic mass is 10.1. The average molecular weight is 367 g/mol. The molecule has 0 aliphatic heterocycles. The van der Waals surface area contributed by atoms with Gasteiger partial charge in [-0.2, -0.15) is 4.98 Å². The van der Waals surface area contributed by atoms with E-state index in [4.69, 9.17) is 21.6 Å². The van der Waals surface area contributed by atoms with E-state index in [1.54, 1.807) is 0 Å². The van der Waals surface area contributed by atoms with Gasteiger partial charge in [0.1, 0.15) is 5.82 Å². The van der Waals surface area contributed by atoms with Gasteiger partial charge in [-0.15, -0.1) is 0 Å². The number of nitrogens with zero attached hydrogens (tertiary/aromatic N) is 3. The molecule has 0 unspecified atom stereocenters. The first-order chi connectivity index (χ1) is 12.7. The molecular formula is C21H23ClN4. The maximum atomic E-state index is 6.26. The molecule has 1 heterocycles. The zero-order valence-corrected chi connectivity index (χ0v) is 15.9. The van der Waals surface area contributed by atoms with E-state index in [1.807, 2.05) is 48.5 Å². The van der Waals surface area contributed by atoms with E-state index in [2.05, 4.69) is 36.2 Å². The summed E-state index contributed by atoms with van der Waals surface area (Å²) in [5.74, 6) is 1.53. The van der Waals surface area contributed by atoms with E-state index in [9.17, 15) is 0 Å². The van der Waals surface area contributed by atoms with Gasteiger partial charge < -0.3 is 10.2 Å². The third kappa shape index (κ3) is 4.33. The smallest absolute Gasteiger partial charge is 0.227 e. The van der Waals surface area contributed by atoms with Crippen molar-refractivity contribution in [2.45, 2.75) is 20.4 Å². The fraction of sp³-hybridized carbons (Fsp3) is 0.238. The van der Waals surface area contributed by atoms with E-state index in [1.165, 1.54) is 0 Å². The minimum Gasteiger partial charge on any atom is -0.366 e. The Morgan fingerprint density at radius 3 is 2.31 bits per heavy atom. The maximum Gasteiger partial charge on any atom is 0.227 e. The predicted octanol–water partition coefficient (Wildman–Crippen LogP) is 5.26. The van der Waals surface area contributed by atoms with Crippen molar-refractivity contribution >= 4 is 23.4 Å². The Bertz CT molecular complexity index is 848. The van der Waals surface area contributed by atoms with Crippen LogP contribution in [0, 0.1) is 0 Å². The molecule has 134 valence electrons. The highest BCUT2D eigenvalue weighted by atomic mass is 35.5. The summed E-state index contributed by atoms with van der Waals surface area (Å²) < 4.78 is 0. The summed E-state index contributed by atoms with van der Waals surface area (Å²) in [6, 6.07) is 20.0. The topological polar surface area (TPSA) is 41.1 Å². The van der Waals surface area contributed by atoms with Gasteiger partial charge in [-0.25, -0.2) is 4.98 Å². The number of hydrogen-bond acceptors (Lipinski definition) is 4. The average Bonchev–Trinajstić information content (AvgIpc) is 2.69. The summed E-state index contributed by atoms with van der Waals surface area (Å²) in [6.45, 7) is 6.55. The molecule has 0 fully saturated rings. The SMILES string of the molecule is CCN(CC)c1nc(NCc2ccccc2Cl)cc(-c2ccccc2)n1. The molecule has 0 amide bonds. The van der Waals surface area contributed by atoms with Gasteiger partial charge in [-0.1, -0.05) is 60.1 Å². The molecular weight excluding hydrogens is 344 g/mol. The normalized spacial score (nSPS) is 10.6. The molecule has 0 bridgehead atoms. The van der Waals surface area contributed by atoms with E-state index < -0.39 is 0 Å². The minimum atomic E-state index is 0.614. The zero-order chi connectivity index (χ0) is 18.4. The summed E-state index contributed by atoms with van der Waals surface area (Å²) in [5, 5.41) is 4.14. The van der Waals surface area contributed by atoms with Crippen LogP contribution in [0.25, 0.3) is 11.3 Å². The molecule has 0 saturated heterocycles. The van der Waals surface area contributed by atoms with Crippen molar-refractivity contribution in [2.24, 2.45) is 0 Å². The second-order valence-electron chi connectivity index (χ2n) is 5.92. The number of aromatic nitrogens is 2. The van der Waals surface area contributed by atoms with Gasteiger partial charge in [0.05, 0.1) is 5.69 Å². The van der Waals surface area contributed by atoms with Crippen LogP contribution in [0.1, 0.15) is 19.4 Å². The molecule has 0 atom stereocenters. The fourth-order valence-electron chi connectivity index (χ4n) is 2.76. The van der Waals surface area contributed by atoms with Gasteiger partial charge in [0, 0.05) is 36.3 Å². The molecule has 3 rings (SSSR count). The molecule has 1 aromatic heterocycles. The van der Waals surface area contributed by atoms with Crippen LogP contribution in [0.3, 0.4) is 0 Å². The summed E-state index contributed by atoms with van der Waals surface area (Å²) in [7, 11) is 0. The molecule has 4 nitrogen and oxygen atoms in total. The number of halogens is 1. The van der Waals surface area contributed by atoms with Gasteiger partial charge in [-0.05, 0) is 25.5 Å². The van der Waals surface area contributed by atoms with Crippen LogP contribution in [0.15, 0.2) is 60.7 Å². The Labute approximate surface area is 159 Å². The predicted molar refractivity (Wildman–Crippen MR) is 110 cm³/mol. The largest absolute Gasteiger partial charge is 0.366 e. The van der Waals surface area contributed by atoms with Gasteiger partial charge in [0.25, 0.3) is 0 Å². The molecule has 0 aliphatic rings. The standard InChI is InChI=1S/C21H23ClN4/c1-3-26(4-2)21-24-19(16-10-6-5-7-11-16)14-20(25-21)23-15-17-12-8-9-13-18(17)22/h5-14H,3-4,15H2,1-2H3,(H,23,24,25). The molecule has 1 N–H and O–H groups in total. The van der Waals surface area contributed by atoms with Crippen molar-refractivity contribution in [1.82, 2.24) is 9.97 Å². The number of anilines is 2. The molecule has 5 heteroatoms. The van der Waals surface area contributed by atoms with Crippen LogP contribution < -0.4 is 10.2 Å². The Balaban J connectivity index is 1.93. The molecule has 26 heavy (non-hydrogen) atoms. The second kappa shape index (κ2) is 8.68. The first-order valence-electron chi connectivity index (χ1n) is 8.88. The lowest BCUT2D eigenvalue weighted by Crippen LogP contribution is -2.24. The van der Waals surface area contributed by atoms with Gasteiger partial charge >= 0.3 is 0 Å². The van der Waals surface area contributed by atoms with Crippen LogP contribution in [0.4, 0.5) is 11.8 Å². The number of benzene rings is 2. The maximum absolute atomic E-state index is 6.26. The summed E-state index contributed by atoms with van der Waals surface area (Å²) in [4.78, 5) is 11.6. The summed E-state index contributed by atoms with van der Waals surface area (Å²) in [5.41, 5.74) is 3.02. The van der Waals surface area contributed by atoms with Crippen LogP contribution in [0.2, 0.25) is 5.02 Å². The monoisotopic (exact) mass is 366 g/mol. The highest BCUT2D eigenvalue weighted by Crippen LogP contribution is 2.24. The van der Waals surface area contributed by atoms with Gasteiger partial charge in [0.2, 0.25) is 5.95 Å². The van der Waals surface area contributed by atoms with E-state index in [-0.39, 0.29) is 0 Å². The van der Waals surface area contributed by atoms with Crippen molar-refractivity contribution < 1.29 is 0 Å². The third-order valence-electron chi connectivity index (χ3n) is 4.25. The minimum absolute atomic E-state index is 0.614. The fourth-order valence-corrected chi connectivity index (χ4v) is 2.96. The van der Waals surface area contributed by atoms with Crippen LogP contribution in [-0.2, 0) is 6.54 Å². The van der Waals surface area contributed by atoms with Crippen LogP contribution in [0.5, 0.6) is 0 Å². The van der Waals surface area contributed by atoms with Crippen molar-refractivity contribution in [2.75, 3.05) is 23.3 Å². The second-order valence-corrected chi connectivity index (χ2v) is 6.33. The van der Waals surface area contributed by atoms with Crippen molar-refractivity contribution in [3.63, 3.8) is 0 Å². The van der Waals surface area contributed by atoms with E-state index in [0.29, 0.717) is 6.54 Å². The first kappa shape index (κ1) is 18.2. The van der Waals surface area contributed by atoms with Crippen LogP contribution in [-0.4, -0.2) is 23.1 Å². The molecule has 0 spiro atoms. The Hall–Kier alpha value is -2.59. The van der Waals surface area contributed by atoms with Gasteiger partial charge in [-0.3, -0.25) is 0 Å². The summed E-state index contributed by atoms with van der Waals surface area (Å²) in [6.07, 6.45) is 0. The van der Waals surface area contributed by atoms with Crippen LogP contribution >= 0.6 is 11.6 Å². The Morgan fingerprint density at radius 2 is 1.62 bits per heavy atom. The molecule has 0 saturated carbocycles. The van der Waals surface area contributed by atoms with Crippen molar-refractivity contribution in [3.8, 4) is 11.3 Å². The van der Waals surface area contributed by atoms with Crippen molar-refractivity contribution in [3.05, 3.63) is 71.2 Å². The number of hydrogen-bond donors (Lipinski definition) is 1. The highest BCUT2D eigenvalue weighted by molar-refractivity contribution is 6.31. The van der Waals surface area contributed by atoms with E-state index in [0.717, 1.165) is 46.7 Å². The summed E-state index contributed by atoms with van der Waals surface area (Å²) >= 11 is 6.26. The Morgan fingerprint density at radius 1 is 0.923 bits per heavy atom. The molecule has 0 aliphatic carbocycles. The lowest BCUT2D eigenvalue weighted by molar-refractivity contribution is 0.822. The quantitative estimate of drug-likeness (QED) is 0.619. The molecule has 0 radical (unpaired) electrons. The van der Waals surface area contributed by atoms with E-state index >= 15 is 0 Å². The Kier molecular flexibility index (Phi) is 6.08. The molecule has 2 aromatic carbocycles. The lowest BCUT2D eigenvalue weighted by Gasteiger charge is -2.20. The molecule has 3 aromatic rings. The zero-order valence-electron chi connectivity index (χ0n) is 15.1. The number of rotatable bonds is 7. The van der Waals surface area contributed by atoms with Gasteiger partial charge in [0.15, 0.2) is 0 Å². The first-order valence-corrected chi connectivity index (χ1v) is 9.25. The highest BCUT2D eigenvalue weighted by Gasteiger charge is 2.11. The van der Waals surface area contributed by atoms with Crippen molar-refractivity contribution in [1.29, 1.82) is 0 Å². The number of nitrogens with one attached hydrogen (secondary N) is 1. The third-order valence-corrected chi connectivity index (χ3v) is 4.62.